The van der Waals surface area contributed by atoms with Gasteiger partial charge >= 0.3 is 0 Å². The fourth-order valence-corrected chi connectivity index (χ4v) is 4.22. The minimum Gasteiger partial charge on any atom is -0.378 e. The topological polar surface area (TPSA) is 63.5 Å². The number of carbonyl (C=O) groups excluding carboxylic acids is 1. The van der Waals surface area contributed by atoms with Gasteiger partial charge in [0.05, 0.1) is 19.3 Å². The van der Waals surface area contributed by atoms with Crippen molar-refractivity contribution < 1.29 is 9.53 Å². The predicted octanol–water partition coefficient (Wildman–Crippen LogP) is 0.651. The number of aromatic nitrogens is 3. The van der Waals surface area contributed by atoms with E-state index >= 15 is 0 Å². The smallest absolute Gasteiger partial charge is 0.239 e. The second-order valence-electron chi connectivity index (χ2n) is 7.15. The molecule has 0 bridgehead atoms. The van der Waals surface area contributed by atoms with Crippen molar-refractivity contribution >= 4 is 5.91 Å². The van der Waals surface area contributed by atoms with Gasteiger partial charge in [0.25, 0.3) is 0 Å². The van der Waals surface area contributed by atoms with Gasteiger partial charge in [0, 0.05) is 32.0 Å². The number of piperidine rings is 1. The highest BCUT2D eigenvalue weighted by molar-refractivity contribution is 5.81. The summed E-state index contributed by atoms with van der Waals surface area (Å²) in [5.74, 6) is 3.07. The molecule has 2 saturated heterocycles. The van der Waals surface area contributed by atoms with Gasteiger partial charge in [-0.15, -0.1) is 10.2 Å². The van der Waals surface area contributed by atoms with Crippen LogP contribution in [-0.4, -0.2) is 75.9 Å². The molecule has 7 nitrogen and oxygen atoms in total. The molecule has 0 aliphatic carbocycles. The van der Waals surface area contributed by atoms with Gasteiger partial charge in [-0.1, -0.05) is 0 Å². The number of amides is 1. The minimum absolute atomic E-state index is 0.0341. The van der Waals surface area contributed by atoms with E-state index in [9.17, 15) is 4.79 Å². The van der Waals surface area contributed by atoms with E-state index in [-0.39, 0.29) is 11.9 Å². The van der Waals surface area contributed by atoms with E-state index in [0.29, 0.717) is 19.1 Å². The van der Waals surface area contributed by atoms with Gasteiger partial charge in [0.1, 0.15) is 11.6 Å². The van der Waals surface area contributed by atoms with Gasteiger partial charge in [0.15, 0.2) is 0 Å². The fraction of sp³-hybridized carbons (Fsp3) is 0.824. The van der Waals surface area contributed by atoms with E-state index in [2.05, 4.69) is 19.7 Å². The maximum atomic E-state index is 12.7. The zero-order chi connectivity index (χ0) is 16.5. The Morgan fingerprint density at radius 3 is 2.62 bits per heavy atom. The van der Waals surface area contributed by atoms with E-state index < -0.39 is 0 Å². The number of rotatable bonds is 3. The van der Waals surface area contributed by atoms with Crippen LogP contribution in [0.2, 0.25) is 0 Å². The zero-order valence-electron chi connectivity index (χ0n) is 14.5. The van der Waals surface area contributed by atoms with Crippen molar-refractivity contribution in [2.24, 2.45) is 0 Å². The average molecular weight is 333 g/mol. The number of nitrogens with zero attached hydrogens (tertiary/aromatic N) is 5. The molecule has 1 amide bonds. The SMILES string of the molecule is CC(C(=O)N1CCOCC1)N1CCC(c2nnc3n2CCC3)CC1. The summed E-state index contributed by atoms with van der Waals surface area (Å²) < 4.78 is 7.67. The van der Waals surface area contributed by atoms with Crippen molar-refractivity contribution in [3.05, 3.63) is 11.6 Å². The quantitative estimate of drug-likeness (QED) is 0.813. The Kier molecular flexibility index (Phi) is 4.54. The molecule has 7 heteroatoms. The van der Waals surface area contributed by atoms with Crippen molar-refractivity contribution in [2.45, 2.75) is 51.1 Å². The third-order valence-corrected chi connectivity index (χ3v) is 5.76. The molecule has 0 radical (unpaired) electrons. The van der Waals surface area contributed by atoms with Crippen molar-refractivity contribution in [3.8, 4) is 0 Å². The van der Waals surface area contributed by atoms with Gasteiger partial charge < -0.3 is 14.2 Å². The number of morpholine rings is 1. The molecule has 1 aromatic heterocycles. The summed E-state index contributed by atoms with van der Waals surface area (Å²) in [4.78, 5) is 16.9. The molecular weight excluding hydrogens is 306 g/mol. The monoisotopic (exact) mass is 333 g/mol. The lowest BCUT2D eigenvalue weighted by atomic mass is 9.94. The molecule has 1 aromatic rings. The average Bonchev–Trinajstić information content (AvgIpc) is 3.25. The van der Waals surface area contributed by atoms with Crippen LogP contribution in [0.4, 0.5) is 0 Å². The second-order valence-corrected chi connectivity index (χ2v) is 7.15. The first kappa shape index (κ1) is 16.0. The molecule has 1 atom stereocenters. The molecule has 0 saturated carbocycles. The number of carbonyl (C=O) groups is 1. The molecule has 4 rings (SSSR count). The Labute approximate surface area is 143 Å². The molecule has 0 spiro atoms. The maximum Gasteiger partial charge on any atom is 0.239 e. The predicted molar refractivity (Wildman–Crippen MR) is 88.8 cm³/mol. The number of likely N-dealkylation sites (tertiary alicyclic amines) is 1. The van der Waals surface area contributed by atoms with Crippen LogP contribution in [0.5, 0.6) is 0 Å². The van der Waals surface area contributed by atoms with Crippen LogP contribution in [0.3, 0.4) is 0 Å². The van der Waals surface area contributed by atoms with Gasteiger partial charge in [-0.05, 0) is 39.3 Å². The molecule has 3 aliphatic rings. The Balaban J connectivity index is 1.34. The Bertz CT molecular complexity index is 588. The summed E-state index contributed by atoms with van der Waals surface area (Å²) in [5.41, 5.74) is 0. The molecule has 0 aromatic carbocycles. The van der Waals surface area contributed by atoms with E-state index in [0.717, 1.165) is 57.8 Å². The number of fused-ring (bicyclic) bond motifs is 1. The standard InChI is InChI=1S/C17H27N5O2/c1-13(17(23)21-9-11-24-12-10-21)20-7-4-14(5-8-20)16-19-18-15-3-2-6-22(15)16/h13-14H,2-12H2,1H3. The summed E-state index contributed by atoms with van der Waals surface area (Å²) in [5, 5.41) is 8.79. The van der Waals surface area contributed by atoms with E-state index in [1.54, 1.807) is 0 Å². The zero-order valence-corrected chi connectivity index (χ0v) is 14.5. The number of ether oxygens (including phenoxy) is 1. The van der Waals surface area contributed by atoms with E-state index in [1.807, 2.05) is 11.8 Å². The fourth-order valence-electron chi connectivity index (χ4n) is 4.22. The lowest BCUT2D eigenvalue weighted by molar-refractivity contribution is -0.141. The van der Waals surface area contributed by atoms with Crippen molar-refractivity contribution in [1.29, 1.82) is 0 Å². The number of aryl methyl sites for hydroxylation is 1. The highest BCUT2D eigenvalue weighted by Gasteiger charge is 2.32. The third-order valence-electron chi connectivity index (χ3n) is 5.76. The first-order chi connectivity index (χ1) is 11.7. The van der Waals surface area contributed by atoms with Crippen LogP contribution in [0.15, 0.2) is 0 Å². The number of hydrogen-bond acceptors (Lipinski definition) is 5. The first-order valence-corrected chi connectivity index (χ1v) is 9.26. The summed E-state index contributed by atoms with van der Waals surface area (Å²) in [7, 11) is 0. The Hall–Kier alpha value is -1.47. The number of hydrogen-bond donors (Lipinski definition) is 0. The molecule has 0 N–H and O–H groups in total. The largest absolute Gasteiger partial charge is 0.378 e. The molecular formula is C17H27N5O2. The van der Waals surface area contributed by atoms with Crippen LogP contribution in [0, 0.1) is 0 Å². The highest BCUT2D eigenvalue weighted by atomic mass is 16.5. The Morgan fingerprint density at radius 2 is 1.88 bits per heavy atom. The molecule has 24 heavy (non-hydrogen) atoms. The molecule has 4 heterocycles. The minimum atomic E-state index is -0.0341. The van der Waals surface area contributed by atoms with Gasteiger partial charge in [-0.3, -0.25) is 9.69 Å². The first-order valence-electron chi connectivity index (χ1n) is 9.26. The van der Waals surface area contributed by atoms with E-state index in [4.69, 9.17) is 4.74 Å². The van der Waals surface area contributed by atoms with Gasteiger partial charge in [-0.2, -0.15) is 0 Å². The van der Waals surface area contributed by atoms with Crippen molar-refractivity contribution in [2.75, 3.05) is 39.4 Å². The maximum absolute atomic E-state index is 12.7. The van der Waals surface area contributed by atoms with Crippen molar-refractivity contribution in [3.63, 3.8) is 0 Å². The van der Waals surface area contributed by atoms with Crippen LogP contribution < -0.4 is 0 Å². The third kappa shape index (κ3) is 2.95. The van der Waals surface area contributed by atoms with Crippen molar-refractivity contribution in [1.82, 2.24) is 24.6 Å². The van der Waals surface area contributed by atoms with Gasteiger partial charge in [-0.25, -0.2) is 0 Å². The van der Waals surface area contributed by atoms with Crippen LogP contribution >= 0.6 is 0 Å². The second kappa shape index (κ2) is 6.80. The van der Waals surface area contributed by atoms with E-state index in [1.165, 1.54) is 12.2 Å². The molecule has 132 valence electrons. The molecule has 1 unspecified atom stereocenters. The normalized spacial score (nSPS) is 24.1. The molecule has 3 aliphatic heterocycles. The summed E-state index contributed by atoms with van der Waals surface area (Å²) in [6.45, 7) is 7.83. The van der Waals surface area contributed by atoms with Crippen LogP contribution in [0.25, 0.3) is 0 Å². The Morgan fingerprint density at radius 1 is 1.12 bits per heavy atom. The van der Waals surface area contributed by atoms with Crippen LogP contribution in [-0.2, 0) is 22.5 Å². The lowest BCUT2D eigenvalue weighted by Crippen LogP contribution is -2.52. The summed E-state index contributed by atoms with van der Waals surface area (Å²) in [6.07, 6.45) is 4.40. The lowest BCUT2D eigenvalue weighted by Gasteiger charge is -2.38. The summed E-state index contributed by atoms with van der Waals surface area (Å²) >= 11 is 0. The highest BCUT2D eigenvalue weighted by Crippen LogP contribution is 2.30. The molecule has 2 fully saturated rings. The summed E-state index contributed by atoms with van der Waals surface area (Å²) in [6, 6.07) is -0.0341. The van der Waals surface area contributed by atoms with Gasteiger partial charge in [0.2, 0.25) is 5.91 Å². The van der Waals surface area contributed by atoms with Crippen LogP contribution in [0.1, 0.15) is 43.8 Å².